The normalized spacial score (nSPS) is 16.3. The van der Waals surface area contributed by atoms with E-state index in [2.05, 4.69) is 10.6 Å². The van der Waals surface area contributed by atoms with Gasteiger partial charge < -0.3 is 10.6 Å². The topological polar surface area (TPSA) is 58.2 Å². The van der Waals surface area contributed by atoms with Gasteiger partial charge in [-0.1, -0.05) is 95.2 Å². The molecule has 0 aliphatic heterocycles. The number of halogens is 12. The van der Waals surface area contributed by atoms with Gasteiger partial charge in [-0.25, -0.2) is 43.9 Å². The van der Waals surface area contributed by atoms with Gasteiger partial charge in [0.05, 0.1) is 0 Å². The molecule has 17 heteroatoms. The van der Waals surface area contributed by atoms with Gasteiger partial charge in [-0.3, -0.25) is 9.59 Å². The zero-order valence-electron chi connectivity index (χ0n) is 34.3. The third kappa shape index (κ3) is 12.3. The third-order valence-electron chi connectivity index (χ3n) is 8.75. The van der Waals surface area contributed by atoms with Crippen molar-refractivity contribution in [1.82, 2.24) is 0 Å². The Labute approximate surface area is 354 Å². The summed E-state index contributed by atoms with van der Waals surface area (Å²) in [7, 11) is 9.78. The van der Waals surface area contributed by atoms with Crippen LogP contribution in [0.2, 0.25) is 0 Å². The second kappa shape index (κ2) is 19.4. The van der Waals surface area contributed by atoms with Gasteiger partial charge in [0, 0.05) is 34.7 Å². The molecule has 0 radical (unpaired) electrons. The molecule has 0 aromatic heterocycles. The summed E-state index contributed by atoms with van der Waals surface area (Å²) in [5.74, 6) is -21.5. The molecule has 2 aliphatic rings. The van der Waals surface area contributed by atoms with Gasteiger partial charge in [-0.05, 0) is 45.0 Å². The zero-order chi connectivity index (χ0) is 45.9. The van der Waals surface area contributed by atoms with E-state index < -0.39 is 109 Å². The monoisotopic (exact) mass is 916 g/mol. The predicted octanol–water partition coefficient (Wildman–Crippen LogP) is 13.8. The Balaban J connectivity index is 0.000000381. The summed E-state index contributed by atoms with van der Waals surface area (Å²) >= 11 is -0.556. The van der Waals surface area contributed by atoms with E-state index in [1.54, 1.807) is 12.2 Å². The fourth-order valence-corrected chi connectivity index (χ4v) is 5.26. The SMILES string of the molecule is CC(C)(C)C1=C/C(=C\Nc2c(F)c(F)c(F)c(F)c2F)C(=O)C(C(C)(C)C)=C1.CC(C)(C)C1=C/C(=C\Nc2c(F)c(F)c(F)c(F)c2F)C(=O)C(C(C)(C)C)=C1.[Cl][Ti][Cl]. The average molecular weight is 918 g/mol. The Morgan fingerprint density at radius 3 is 0.847 bits per heavy atom. The number of ketones is 2. The number of hydrogen-bond acceptors (Lipinski definition) is 4. The molecule has 4 nitrogen and oxygen atoms in total. The average Bonchev–Trinajstić information content (AvgIpc) is 3.11. The number of allylic oxidation sites excluding steroid dienone is 10. The molecule has 0 amide bonds. The zero-order valence-corrected chi connectivity index (χ0v) is 37.4. The van der Waals surface area contributed by atoms with Gasteiger partial charge in [-0.15, -0.1) is 0 Å². The summed E-state index contributed by atoms with van der Waals surface area (Å²) in [5.41, 5.74) is -1.45. The van der Waals surface area contributed by atoms with Crippen LogP contribution in [0, 0.1) is 79.8 Å². The molecule has 0 unspecified atom stereocenters. The molecule has 0 heterocycles. The van der Waals surface area contributed by atoms with Crippen LogP contribution in [0.15, 0.2) is 70.1 Å². The number of anilines is 2. The molecule has 2 aromatic rings. The van der Waals surface area contributed by atoms with Gasteiger partial charge in [0.15, 0.2) is 58.1 Å². The standard InChI is InChI=1S/2C21H22F5NO.2ClH.Ti/c2*1-20(2,3)11-7-10(19(28)12(8-11)21(4,5)6)9-27-18-16(25)14(23)13(22)15(24)17(18)26;;;/h2*7-9,27H,1-6H3;2*1H;/q;;;;+2/p-2/b2*10-9+;;;. The summed E-state index contributed by atoms with van der Waals surface area (Å²) in [6.07, 6.45) is 8.56. The van der Waals surface area contributed by atoms with Crippen molar-refractivity contribution in [3.05, 3.63) is 128 Å². The van der Waals surface area contributed by atoms with Crippen LogP contribution in [-0.2, 0) is 26.6 Å². The maximum absolute atomic E-state index is 13.9. The van der Waals surface area contributed by atoms with Gasteiger partial charge in [0.25, 0.3) is 0 Å². The van der Waals surface area contributed by atoms with Crippen molar-refractivity contribution in [3.8, 4) is 0 Å². The van der Waals surface area contributed by atoms with E-state index >= 15 is 0 Å². The quantitative estimate of drug-likeness (QED) is 0.105. The first-order valence-corrected chi connectivity index (χ1v) is 21.9. The van der Waals surface area contributed by atoms with Gasteiger partial charge in [0.2, 0.25) is 11.6 Å². The Morgan fingerprint density at radius 1 is 0.424 bits per heavy atom. The Bertz CT molecular complexity index is 1990. The van der Waals surface area contributed by atoms with E-state index in [-0.39, 0.29) is 22.0 Å². The number of nitrogens with one attached hydrogen (secondary N) is 2. The molecule has 0 atom stereocenters. The number of carbonyl (C=O) groups is 2. The number of hydrogen-bond donors (Lipinski definition) is 2. The summed E-state index contributed by atoms with van der Waals surface area (Å²) in [6, 6.07) is 0. The van der Waals surface area contributed by atoms with E-state index in [9.17, 15) is 53.5 Å². The van der Waals surface area contributed by atoms with E-state index in [1.165, 1.54) is 12.2 Å². The van der Waals surface area contributed by atoms with E-state index in [0.717, 1.165) is 23.5 Å². The van der Waals surface area contributed by atoms with Crippen LogP contribution in [0.4, 0.5) is 55.3 Å². The number of carbonyl (C=O) groups excluding carboxylic acids is 2. The van der Waals surface area contributed by atoms with Gasteiger partial charge in [0.1, 0.15) is 11.4 Å². The van der Waals surface area contributed by atoms with Crippen molar-refractivity contribution in [2.75, 3.05) is 10.6 Å². The minimum absolute atomic E-state index is 0.0568. The Kier molecular flexibility index (Phi) is 17.0. The molecule has 59 heavy (non-hydrogen) atoms. The van der Waals surface area contributed by atoms with Crippen molar-refractivity contribution in [2.45, 2.75) is 83.1 Å². The fourth-order valence-electron chi connectivity index (χ4n) is 5.26. The van der Waals surface area contributed by atoms with Crippen LogP contribution in [0.1, 0.15) is 83.1 Å². The number of rotatable bonds is 4. The predicted molar refractivity (Wildman–Crippen MR) is 208 cm³/mol. The molecule has 0 bridgehead atoms. The van der Waals surface area contributed by atoms with Gasteiger partial charge in [-0.2, -0.15) is 0 Å². The van der Waals surface area contributed by atoms with E-state index in [0.29, 0.717) is 11.1 Å². The molecule has 2 aliphatic carbocycles. The molecule has 0 saturated heterocycles. The van der Waals surface area contributed by atoms with Crippen molar-refractivity contribution in [1.29, 1.82) is 0 Å². The summed E-state index contributed by atoms with van der Waals surface area (Å²) < 4.78 is 135. The van der Waals surface area contributed by atoms with E-state index in [1.807, 2.05) is 83.1 Å². The molecule has 0 spiro atoms. The summed E-state index contributed by atoms with van der Waals surface area (Å²) in [4.78, 5) is 25.6. The number of benzene rings is 2. The van der Waals surface area contributed by atoms with Crippen molar-refractivity contribution in [2.24, 2.45) is 21.7 Å². The summed E-state index contributed by atoms with van der Waals surface area (Å²) in [5, 5.41) is 4.17. The maximum atomic E-state index is 13.9. The number of Topliss-reactive ketones (excluding diaryl/α,β-unsaturated/α-hetero) is 2. The first kappa shape index (κ1) is 51.6. The van der Waals surface area contributed by atoms with Gasteiger partial charge >= 0.3 is 35.6 Å². The van der Waals surface area contributed by atoms with E-state index in [4.69, 9.17) is 18.6 Å². The molecule has 2 N–H and O–H groups in total. The first-order chi connectivity index (χ1) is 26.7. The third-order valence-corrected chi connectivity index (χ3v) is 8.75. The molecule has 2 aromatic carbocycles. The Hall–Kier alpha value is -3.59. The summed E-state index contributed by atoms with van der Waals surface area (Å²) in [6.45, 7) is 22.7. The van der Waals surface area contributed by atoms with Crippen LogP contribution in [0.25, 0.3) is 0 Å². The molecule has 0 saturated carbocycles. The molecule has 322 valence electrons. The van der Waals surface area contributed by atoms with Crippen LogP contribution >= 0.6 is 18.6 Å². The Morgan fingerprint density at radius 2 is 0.644 bits per heavy atom. The first-order valence-electron chi connectivity index (χ1n) is 17.6. The minimum atomic E-state index is -2.24. The van der Waals surface area contributed by atoms with Crippen molar-refractivity contribution < 1.29 is 70.5 Å². The van der Waals surface area contributed by atoms with Crippen molar-refractivity contribution in [3.63, 3.8) is 0 Å². The molecular formula is C42H44Cl2F10N2O2Ti. The van der Waals surface area contributed by atoms with Crippen LogP contribution < -0.4 is 10.6 Å². The molecule has 0 fully saturated rings. The van der Waals surface area contributed by atoms with Crippen LogP contribution in [0.3, 0.4) is 0 Å². The second-order valence-corrected chi connectivity index (χ2v) is 20.0. The fraction of sp³-hybridized carbons (Fsp3) is 0.381. The second-order valence-electron chi connectivity index (χ2n) is 17.4. The van der Waals surface area contributed by atoms with Crippen molar-refractivity contribution >= 4 is 41.6 Å². The van der Waals surface area contributed by atoms with Crippen LogP contribution in [0.5, 0.6) is 0 Å². The molecule has 4 rings (SSSR count). The molecular weight excluding hydrogens is 873 g/mol. The van der Waals surface area contributed by atoms with Crippen LogP contribution in [-0.4, -0.2) is 11.6 Å².